The predicted molar refractivity (Wildman–Crippen MR) is 208 cm³/mol. The van der Waals surface area contributed by atoms with Gasteiger partial charge in [-0.15, -0.1) is 0 Å². The van der Waals surface area contributed by atoms with E-state index in [4.69, 9.17) is 26.6 Å². The van der Waals surface area contributed by atoms with E-state index in [0.717, 1.165) is 61.3 Å². The smallest absolute Gasteiger partial charge is 1.00 e. The molecular formula is C43H62Cl3N3V. The average Bonchev–Trinajstić information content (AvgIpc) is 3.07. The van der Waals surface area contributed by atoms with E-state index in [0.29, 0.717) is 5.02 Å². The largest absolute Gasteiger partial charge is 2.00 e. The SMILES string of the molecule is CCCCc1cc(CCCC)c(N=Cc2cc(Cl)cc(C=Nc3c(CCCC)cc(CCCC)cc3CCCC)n2)c(CCCC)c1.[Cl-].[Cl-].[V+2]. The summed E-state index contributed by atoms with van der Waals surface area (Å²) in [6.45, 7) is 13.6. The van der Waals surface area contributed by atoms with Gasteiger partial charge in [0.1, 0.15) is 0 Å². The molecule has 0 aliphatic heterocycles. The number of unbranched alkanes of at least 4 members (excludes halogenated alkanes) is 6. The van der Waals surface area contributed by atoms with Gasteiger partial charge in [0.15, 0.2) is 0 Å². The maximum absolute atomic E-state index is 6.69. The third-order valence-electron chi connectivity index (χ3n) is 8.97. The fourth-order valence-electron chi connectivity index (χ4n) is 6.21. The van der Waals surface area contributed by atoms with Crippen molar-refractivity contribution in [1.29, 1.82) is 0 Å². The third kappa shape index (κ3) is 16.4. The van der Waals surface area contributed by atoms with E-state index in [2.05, 4.69) is 65.8 Å². The first-order valence-electron chi connectivity index (χ1n) is 19.0. The number of hydrogen-bond acceptors (Lipinski definition) is 3. The fourth-order valence-corrected chi connectivity index (χ4v) is 6.43. The van der Waals surface area contributed by atoms with Crippen molar-refractivity contribution in [2.45, 2.75) is 157 Å². The first-order chi connectivity index (χ1) is 23.0. The minimum atomic E-state index is 0. The molecule has 0 saturated carbocycles. The van der Waals surface area contributed by atoms with Gasteiger partial charge in [0.25, 0.3) is 0 Å². The van der Waals surface area contributed by atoms with Crippen LogP contribution in [-0.4, -0.2) is 17.4 Å². The number of aryl methyl sites for hydroxylation is 6. The third-order valence-corrected chi connectivity index (χ3v) is 9.19. The predicted octanol–water partition coefficient (Wildman–Crippen LogP) is 7.30. The quantitative estimate of drug-likeness (QED) is 0.0989. The van der Waals surface area contributed by atoms with E-state index in [9.17, 15) is 0 Å². The second kappa shape index (κ2) is 28.0. The van der Waals surface area contributed by atoms with Crippen LogP contribution in [0, 0.1) is 0 Å². The van der Waals surface area contributed by atoms with Gasteiger partial charge < -0.3 is 24.8 Å². The second-order valence-electron chi connectivity index (χ2n) is 13.3. The Balaban J connectivity index is 0.00000800. The molecule has 1 aromatic heterocycles. The number of hydrogen-bond donors (Lipinski definition) is 0. The van der Waals surface area contributed by atoms with Crippen LogP contribution in [0.4, 0.5) is 11.4 Å². The first-order valence-corrected chi connectivity index (χ1v) is 19.4. The summed E-state index contributed by atoms with van der Waals surface area (Å²) in [7, 11) is 0. The van der Waals surface area contributed by atoms with Crippen LogP contribution in [0.15, 0.2) is 46.4 Å². The molecule has 0 amide bonds. The van der Waals surface area contributed by atoms with Crippen molar-refractivity contribution in [1.82, 2.24) is 4.98 Å². The molecule has 0 N–H and O–H groups in total. The molecule has 0 aliphatic carbocycles. The molecule has 0 atom stereocenters. The normalized spacial score (nSPS) is 11.1. The molecule has 3 rings (SSSR count). The summed E-state index contributed by atoms with van der Waals surface area (Å²) in [6.07, 6.45) is 24.6. The van der Waals surface area contributed by atoms with Gasteiger partial charge >= 0.3 is 18.6 Å². The van der Waals surface area contributed by atoms with E-state index >= 15 is 0 Å². The summed E-state index contributed by atoms with van der Waals surface area (Å²) in [5, 5.41) is 0.655. The van der Waals surface area contributed by atoms with Crippen LogP contribution in [-0.2, 0) is 57.1 Å². The summed E-state index contributed by atoms with van der Waals surface area (Å²) in [5.41, 5.74) is 12.2. The Morgan fingerprint density at radius 2 is 0.760 bits per heavy atom. The van der Waals surface area contributed by atoms with Gasteiger partial charge in [0.2, 0.25) is 0 Å². The van der Waals surface area contributed by atoms with E-state index < -0.39 is 0 Å². The van der Waals surface area contributed by atoms with Crippen molar-refractivity contribution in [3.63, 3.8) is 0 Å². The molecule has 0 bridgehead atoms. The Labute approximate surface area is 335 Å². The molecule has 50 heavy (non-hydrogen) atoms. The van der Waals surface area contributed by atoms with Crippen LogP contribution in [0.2, 0.25) is 5.02 Å². The van der Waals surface area contributed by atoms with Crippen molar-refractivity contribution in [2.75, 3.05) is 0 Å². The number of benzene rings is 2. The molecule has 1 radical (unpaired) electrons. The number of nitrogens with zero attached hydrogens (tertiary/aromatic N) is 3. The zero-order valence-electron chi connectivity index (χ0n) is 31.8. The number of rotatable bonds is 22. The first kappa shape index (κ1) is 48.4. The van der Waals surface area contributed by atoms with Crippen LogP contribution in [0.3, 0.4) is 0 Å². The van der Waals surface area contributed by atoms with Crippen LogP contribution >= 0.6 is 11.6 Å². The average molecular weight is 778 g/mol. The molecule has 275 valence electrons. The van der Waals surface area contributed by atoms with Crippen LogP contribution in [0.25, 0.3) is 0 Å². The van der Waals surface area contributed by atoms with E-state index in [1.165, 1.54) is 110 Å². The summed E-state index contributed by atoms with van der Waals surface area (Å²) in [5.74, 6) is 0. The fraction of sp³-hybridized carbons (Fsp3) is 0.558. The summed E-state index contributed by atoms with van der Waals surface area (Å²) in [4.78, 5) is 15.3. The van der Waals surface area contributed by atoms with Crippen LogP contribution in [0.1, 0.15) is 163 Å². The minimum Gasteiger partial charge on any atom is -1.00 e. The standard InChI is InChI=1S/C43H62ClN3.2ClH.V/c1-7-13-19-33-25-35(21-15-9-3)42(36(26-33)22-16-10-4)45-31-40-29-39(44)30-41(47-40)32-46-43-37(23-17-11-5)27-34(20-14-8-2)28-38(43)24-18-12-6;;;/h25-32H,7-24H2,1-6H3;2*1H;/q;;;+2/p-2. The number of halogens is 3. The Morgan fingerprint density at radius 1 is 0.480 bits per heavy atom. The van der Waals surface area contributed by atoms with Crippen molar-refractivity contribution in [3.05, 3.63) is 86.2 Å². The molecule has 0 unspecified atom stereocenters. The van der Waals surface area contributed by atoms with Gasteiger partial charge in [0.05, 0.1) is 35.2 Å². The van der Waals surface area contributed by atoms with Gasteiger partial charge in [-0.3, -0.25) is 9.98 Å². The maximum Gasteiger partial charge on any atom is 2.00 e. The van der Waals surface area contributed by atoms with Gasteiger partial charge in [0, 0.05) is 5.02 Å². The number of pyridine rings is 1. The molecular weight excluding hydrogens is 716 g/mol. The minimum absolute atomic E-state index is 0. The summed E-state index contributed by atoms with van der Waals surface area (Å²) in [6, 6.07) is 13.5. The summed E-state index contributed by atoms with van der Waals surface area (Å²) >= 11 is 6.69. The van der Waals surface area contributed by atoms with Crippen molar-refractivity contribution in [3.8, 4) is 0 Å². The maximum atomic E-state index is 6.69. The van der Waals surface area contributed by atoms with Crippen molar-refractivity contribution >= 4 is 35.4 Å². The van der Waals surface area contributed by atoms with Gasteiger partial charge in [-0.2, -0.15) is 0 Å². The van der Waals surface area contributed by atoms with Gasteiger partial charge in [-0.25, -0.2) is 4.98 Å². The van der Waals surface area contributed by atoms with Crippen molar-refractivity contribution < 1.29 is 43.4 Å². The monoisotopic (exact) mass is 776 g/mol. The van der Waals surface area contributed by atoms with Gasteiger partial charge in [-0.05, 0) is 123 Å². The van der Waals surface area contributed by atoms with Gasteiger partial charge in [-0.1, -0.05) is 116 Å². The number of aliphatic imine (C=N–C) groups is 2. The Morgan fingerprint density at radius 3 is 1.04 bits per heavy atom. The molecule has 3 nitrogen and oxygen atoms in total. The molecule has 3 aromatic rings. The van der Waals surface area contributed by atoms with Crippen LogP contribution in [0.5, 0.6) is 0 Å². The molecule has 0 saturated heterocycles. The molecule has 0 fully saturated rings. The molecule has 2 aromatic carbocycles. The Kier molecular flexibility index (Phi) is 27.1. The van der Waals surface area contributed by atoms with E-state index in [1.807, 2.05) is 24.6 Å². The van der Waals surface area contributed by atoms with Crippen molar-refractivity contribution in [2.24, 2.45) is 9.98 Å². The Hall–Kier alpha value is -1.62. The van der Waals surface area contributed by atoms with E-state index in [1.54, 1.807) is 0 Å². The Bertz CT molecular complexity index is 1280. The molecule has 0 aliphatic rings. The molecule has 1 heterocycles. The number of aromatic nitrogens is 1. The summed E-state index contributed by atoms with van der Waals surface area (Å²) < 4.78 is 0. The van der Waals surface area contributed by atoms with Crippen LogP contribution < -0.4 is 24.8 Å². The molecule has 7 heteroatoms. The zero-order chi connectivity index (χ0) is 33.9. The molecule has 0 spiro atoms. The topological polar surface area (TPSA) is 37.6 Å². The van der Waals surface area contributed by atoms with E-state index in [-0.39, 0.29) is 43.4 Å². The second-order valence-corrected chi connectivity index (χ2v) is 13.7. The zero-order valence-corrected chi connectivity index (χ0v) is 35.4.